The Morgan fingerprint density at radius 3 is 2.60 bits per heavy atom. The summed E-state index contributed by atoms with van der Waals surface area (Å²) in [5, 5.41) is 3.19. The molecule has 0 aromatic heterocycles. The number of benzene rings is 2. The van der Waals surface area contributed by atoms with E-state index in [4.69, 9.17) is 0 Å². The molecule has 1 heterocycles. The average molecular weight is 400 g/mol. The Bertz CT molecular complexity index is 742. The van der Waals surface area contributed by atoms with E-state index < -0.39 is 10.0 Å². The lowest BCUT2D eigenvalue weighted by Gasteiger charge is -2.09. The Labute approximate surface area is 131 Å². The molecule has 2 aromatic carbocycles. The summed E-state index contributed by atoms with van der Waals surface area (Å²) in [5.41, 5.74) is 2.65. The van der Waals surface area contributed by atoms with Crippen molar-refractivity contribution in [2.75, 3.05) is 16.6 Å². The second kappa shape index (κ2) is 5.25. The normalized spacial score (nSPS) is 13.7. The van der Waals surface area contributed by atoms with E-state index in [9.17, 15) is 8.42 Å². The molecule has 2 aromatic rings. The molecular weight excluding hydrogens is 387 g/mol. The van der Waals surface area contributed by atoms with Gasteiger partial charge in [-0.1, -0.05) is 6.07 Å². The summed E-state index contributed by atoms with van der Waals surface area (Å²) in [7, 11) is -3.54. The van der Waals surface area contributed by atoms with Crippen LogP contribution in [0.1, 0.15) is 5.56 Å². The van der Waals surface area contributed by atoms with Crippen molar-refractivity contribution in [3.05, 3.63) is 51.6 Å². The third-order valence-corrected chi connectivity index (χ3v) is 5.30. The van der Waals surface area contributed by atoms with E-state index in [1.54, 1.807) is 24.3 Å². The highest BCUT2D eigenvalue weighted by molar-refractivity contribution is 14.1. The molecule has 1 aliphatic rings. The summed E-state index contributed by atoms with van der Waals surface area (Å²) in [6.07, 6.45) is 0.945. The fraction of sp³-hybridized carbons (Fsp3) is 0.143. The zero-order chi connectivity index (χ0) is 14.2. The van der Waals surface area contributed by atoms with Crippen molar-refractivity contribution in [3.63, 3.8) is 0 Å². The van der Waals surface area contributed by atoms with Gasteiger partial charge in [-0.3, -0.25) is 4.72 Å². The summed E-state index contributed by atoms with van der Waals surface area (Å²) in [6, 6.07) is 12.5. The van der Waals surface area contributed by atoms with E-state index in [0.29, 0.717) is 5.69 Å². The van der Waals surface area contributed by atoms with Gasteiger partial charge in [0.25, 0.3) is 10.0 Å². The Morgan fingerprint density at radius 1 is 1.10 bits per heavy atom. The van der Waals surface area contributed by atoms with Gasteiger partial charge in [-0.05, 0) is 71.0 Å². The van der Waals surface area contributed by atoms with Crippen LogP contribution in [0.25, 0.3) is 0 Å². The minimum Gasteiger partial charge on any atom is -0.384 e. The Hall–Kier alpha value is -1.28. The standard InChI is InChI=1S/C14H13IN2O2S/c15-11-2-4-12(5-3-11)17-20(18,19)13-6-1-10-7-8-16-14(10)9-13/h1-6,9,16-17H,7-8H2. The first-order valence-electron chi connectivity index (χ1n) is 6.20. The van der Waals surface area contributed by atoms with E-state index in [2.05, 4.69) is 32.6 Å². The minimum atomic E-state index is -3.54. The van der Waals surface area contributed by atoms with E-state index in [1.807, 2.05) is 18.2 Å². The lowest BCUT2D eigenvalue weighted by Crippen LogP contribution is -2.13. The summed E-state index contributed by atoms with van der Waals surface area (Å²) in [5.74, 6) is 0. The number of fused-ring (bicyclic) bond motifs is 1. The second-order valence-corrected chi connectivity index (χ2v) is 7.54. The molecule has 0 atom stereocenters. The highest BCUT2D eigenvalue weighted by atomic mass is 127. The van der Waals surface area contributed by atoms with Crippen molar-refractivity contribution in [1.29, 1.82) is 0 Å². The van der Waals surface area contributed by atoms with Gasteiger partial charge in [0.1, 0.15) is 0 Å². The molecule has 20 heavy (non-hydrogen) atoms. The van der Waals surface area contributed by atoms with Crippen LogP contribution in [0.5, 0.6) is 0 Å². The van der Waals surface area contributed by atoms with E-state index in [-0.39, 0.29) is 4.90 Å². The molecule has 4 nitrogen and oxygen atoms in total. The van der Waals surface area contributed by atoms with Gasteiger partial charge in [-0.15, -0.1) is 0 Å². The predicted molar refractivity (Wildman–Crippen MR) is 88.6 cm³/mol. The number of rotatable bonds is 3. The first-order valence-corrected chi connectivity index (χ1v) is 8.76. The number of halogens is 1. The maximum atomic E-state index is 12.3. The molecule has 1 aliphatic heterocycles. The minimum absolute atomic E-state index is 0.282. The molecule has 104 valence electrons. The van der Waals surface area contributed by atoms with Gasteiger partial charge in [0.2, 0.25) is 0 Å². The number of hydrogen-bond acceptors (Lipinski definition) is 3. The lowest BCUT2D eigenvalue weighted by atomic mass is 10.2. The Balaban J connectivity index is 1.90. The predicted octanol–water partition coefficient (Wildman–Crippen LogP) is 3.06. The molecule has 0 radical (unpaired) electrons. The van der Waals surface area contributed by atoms with Gasteiger partial charge < -0.3 is 5.32 Å². The first kappa shape index (κ1) is 13.7. The molecule has 0 amide bonds. The smallest absolute Gasteiger partial charge is 0.261 e. The van der Waals surface area contributed by atoms with Gasteiger partial charge in [0, 0.05) is 21.5 Å². The third kappa shape index (κ3) is 2.76. The van der Waals surface area contributed by atoms with Crippen molar-refractivity contribution < 1.29 is 8.42 Å². The van der Waals surface area contributed by atoms with Crippen molar-refractivity contribution in [3.8, 4) is 0 Å². The van der Waals surface area contributed by atoms with Crippen LogP contribution in [-0.4, -0.2) is 15.0 Å². The first-order chi connectivity index (χ1) is 9.54. The van der Waals surface area contributed by atoms with Gasteiger partial charge >= 0.3 is 0 Å². The van der Waals surface area contributed by atoms with E-state index >= 15 is 0 Å². The summed E-state index contributed by atoms with van der Waals surface area (Å²) in [4.78, 5) is 0.282. The fourth-order valence-corrected chi connectivity index (χ4v) is 3.61. The van der Waals surface area contributed by atoms with E-state index in [1.165, 1.54) is 5.56 Å². The summed E-state index contributed by atoms with van der Waals surface area (Å²) >= 11 is 2.18. The third-order valence-electron chi connectivity index (χ3n) is 3.20. The van der Waals surface area contributed by atoms with Crippen molar-refractivity contribution in [1.82, 2.24) is 0 Å². The van der Waals surface area contributed by atoms with Gasteiger partial charge in [-0.25, -0.2) is 8.42 Å². The van der Waals surface area contributed by atoms with Crippen LogP contribution in [0.15, 0.2) is 47.4 Å². The monoisotopic (exact) mass is 400 g/mol. The highest BCUT2D eigenvalue weighted by Gasteiger charge is 2.18. The number of anilines is 2. The molecule has 0 saturated carbocycles. The molecule has 0 bridgehead atoms. The number of hydrogen-bond donors (Lipinski definition) is 2. The maximum Gasteiger partial charge on any atom is 0.261 e. The molecule has 2 N–H and O–H groups in total. The summed E-state index contributed by atoms with van der Waals surface area (Å²) in [6.45, 7) is 0.864. The zero-order valence-electron chi connectivity index (χ0n) is 10.6. The highest BCUT2D eigenvalue weighted by Crippen LogP contribution is 2.26. The van der Waals surface area contributed by atoms with Crippen LogP contribution < -0.4 is 10.0 Å². The van der Waals surface area contributed by atoms with Gasteiger partial charge in [-0.2, -0.15) is 0 Å². The van der Waals surface area contributed by atoms with Crippen LogP contribution in [0.4, 0.5) is 11.4 Å². The van der Waals surface area contributed by atoms with E-state index in [0.717, 1.165) is 22.2 Å². The molecule has 6 heteroatoms. The second-order valence-electron chi connectivity index (χ2n) is 4.61. The molecule has 0 aliphatic carbocycles. The van der Waals surface area contributed by atoms with Crippen LogP contribution in [0.3, 0.4) is 0 Å². The topological polar surface area (TPSA) is 58.2 Å². The Kier molecular flexibility index (Phi) is 3.59. The maximum absolute atomic E-state index is 12.3. The van der Waals surface area contributed by atoms with Crippen LogP contribution in [0.2, 0.25) is 0 Å². The molecule has 0 unspecified atom stereocenters. The molecule has 3 rings (SSSR count). The van der Waals surface area contributed by atoms with Gasteiger partial charge in [0.05, 0.1) is 4.90 Å². The summed E-state index contributed by atoms with van der Waals surface area (Å²) < 4.78 is 28.3. The SMILES string of the molecule is O=S(=O)(Nc1ccc(I)cc1)c1ccc2c(c1)NCC2. The van der Waals surface area contributed by atoms with Crippen molar-refractivity contribution in [2.24, 2.45) is 0 Å². The van der Waals surface area contributed by atoms with Crippen LogP contribution in [0, 0.1) is 3.57 Å². The molecule has 0 fully saturated rings. The van der Waals surface area contributed by atoms with Crippen LogP contribution >= 0.6 is 22.6 Å². The van der Waals surface area contributed by atoms with Gasteiger partial charge in [0.15, 0.2) is 0 Å². The molecule has 0 saturated heterocycles. The quantitative estimate of drug-likeness (QED) is 0.779. The van der Waals surface area contributed by atoms with Crippen molar-refractivity contribution in [2.45, 2.75) is 11.3 Å². The van der Waals surface area contributed by atoms with Crippen molar-refractivity contribution >= 4 is 44.0 Å². The molecular formula is C14H13IN2O2S. The number of nitrogens with one attached hydrogen (secondary N) is 2. The molecule has 0 spiro atoms. The Morgan fingerprint density at radius 2 is 1.85 bits per heavy atom. The van der Waals surface area contributed by atoms with Crippen LogP contribution in [-0.2, 0) is 16.4 Å². The zero-order valence-corrected chi connectivity index (χ0v) is 13.5. The largest absolute Gasteiger partial charge is 0.384 e. The average Bonchev–Trinajstić information content (AvgIpc) is 2.88. The lowest BCUT2D eigenvalue weighted by molar-refractivity contribution is 0.601. The number of sulfonamides is 1. The fourth-order valence-electron chi connectivity index (χ4n) is 2.17.